The zero-order valence-electron chi connectivity index (χ0n) is 10.5. The van der Waals surface area contributed by atoms with Crippen LogP contribution in [0.15, 0.2) is 22.7 Å². The molecular formula is C14H18BrNO2. The number of anilines is 1. The molecule has 1 saturated heterocycles. The molecule has 2 rings (SSSR count). The van der Waals surface area contributed by atoms with Gasteiger partial charge in [0.2, 0.25) is 5.91 Å². The van der Waals surface area contributed by atoms with E-state index in [9.17, 15) is 4.79 Å². The first-order chi connectivity index (χ1) is 8.65. The van der Waals surface area contributed by atoms with Gasteiger partial charge >= 0.3 is 0 Å². The third-order valence-electron chi connectivity index (χ3n) is 3.19. The van der Waals surface area contributed by atoms with Gasteiger partial charge in [-0.1, -0.05) is 22.0 Å². The van der Waals surface area contributed by atoms with Crippen LogP contribution < -0.4 is 5.32 Å². The lowest BCUT2D eigenvalue weighted by Gasteiger charge is -2.11. The fourth-order valence-electron chi connectivity index (χ4n) is 2.11. The van der Waals surface area contributed by atoms with E-state index in [1.165, 1.54) is 0 Å². The molecule has 0 radical (unpaired) electrons. The second-order valence-electron chi connectivity index (χ2n) is 4.68. The fourth-order valence-corrected chi connectivity index (χ4v) is 2.47. The van der Waals surface area contributed by atoms with E-state index in [0.717, 1.165) is 41.6 Å². The molecule has 0 aliphatic carbocycles. The van der Waals surface area contributed by atoms with E-state index in [-0.39, 0.29) is 12.0 Å². The number of rotatable bonds is 4. The van der Waals surface area contributed by atoms with Crippen LogP contribution in [0, 0.1) is 6.92 Å². The minimum atomic E-state index is 0.0618. The molecule has 1 N–H and O–H groups in total. The number of benzene rings is 1. The summed E-state index contributed by atoms with van der Waals surface area (Å²) in [7, 11) is 0. The van der Waals surface area contributed by atoms with Crippen molar-refractivity contribution < 1.29 is 9.53 Å². The van der Waals surface area contributed by atoms with Crippen molar-refractivity contribution in [3.05, 3.63) is 28.2 Å². The van der Waals surface area contributed by atoms with Crippen LogP contribution in [0.25, 0.3) is 0 Å². The van der Waals surface area contributed by atoms with Crippen LogP contribution in [0.5, 0.6) is 0 Å². The van der Waals surface area contributed by atoms with Crippen molar-refractivity contribution in [2.45, 2.75) is 38.7 Å². The van der Waals surface area contributed by atoms with Crippen molar-refractivity contribution in [1.82, 2.24) is 0 Å². The van der Waals surface area contributed by atoms with E-state index < -0.39 is 0 Å². The summed E-state index contributed by atoms with van der Waals surface area (Å²) in [6.07, 6.45) is 3.83. The molecule has 4 heteroatoms. The summed E-state index contributed by atoms with van der Waals surface area (Å²) >= 11 is 3.41. The Balaban J connectivity index is 1.84. The van der Waals surface area contributed by atoms with Crippen molar-refractivity contribution in [2.24, 2.45) is 0 Å². The number of nitrogens with one attached hydrogen (secondary N) is 1. The minimum absolute atomic E-state index is 0.0618. The summed E-state index contributed by atoms with van der Waals surface area (Å²) < 4.78 is 6.48. The first kappa shape index (κ1) is 13.6. The Morgan fingerprint density at radius 3 is 3.11 bits per heavy atom. The molecule has 18 heavy (non-hydrogen) atoms. The highest BCUT2D eigenvalue weighted by Crippen LogP contribution is 2.21. The van der Waals surface area contributed by atoms with Crippen molar-refractivity contribution in [2.75, 3.05) is 11.9 Å². The summed E-state index contributed by atoms with van der Waals surface area (Å²) in [5.74, 6) is 0.0618. The summed E-state index contributed by atoms with van der Waals surface area (Å²) in [4.78, 5) is 11.9. The molecular weight excluding hydrogens is 294 g/mol. The van der Waals surface area contributed by atoms with Gasteiger partial charge in [0, 0.05) is 23.2 Å². The fraction of sp³-hybridized carbons (Fsp3) is 0.500. The highest BCUT2D eigenvalue weighted by molar-refractivity contribution is 9.10. The van der Waals surface area contributed by atoms with Crippen molar-refractivity contribution in [3.63, 3.8) is 0 Å². The van der Waals surface area contributed by atoms with Gasteiger partial charge in [-0.2, -0.15) is 0 Å². The van der Waals surface area contributed by atoms with Gasteiger partial charge in [-0.05, 0) is 43.9 Å². The number of aryl methyl sites for hydroxylation is 1. The van der Waals surface area contributed by atoms with Gasteiger partial charge < -0.3 is 10.1 Å². The number of ether oxygens (including phenoxy) is 1. The molecule has 1 amide bonds. The minimum Gasteiger partial charge on any atom is -0.378 e. The smallest absolute Gasteiger partial charge is 0.224 e. The molecule has 1 aromatic carbocycles. The average molecular weight is 312 g/mol. The van der Waals surface area contributed by atoms with Gasteiger partial charge in [0.1, 0.15) is 0 Å². The molecule has 0 bridgehead atoms. The topological polar surface area (TPSA) is 38.3 Å². The summed E-state index contributed by atoms with van der Waals surface area (Å²) in [6.45, 7) is 2.83. The Morgan fingerprint density at radius 2 is 2.39 bits per heavy atom. The standard InChI is InChI=1S/C14H18BrNO2/c1-10-4-5-11(15)9-13(10)16-14(17)7-6-12-3-2-8-18-12/h4-5,9,12H,2-3,6-8H2,1H3,(H,16,17). The number of halogens is 1. The number of hydrogen-bond donors (Lipinski definition) is 1. The first-order valence-corrected chi connectivity index (χ1v) is 7.12. The monoisotopic (exact) mass is 311 g/mol. The Hall–Kier alpha value is -0.870. The van der Waals surface area contributed by atoms with Crippen molar-refractivity contribution >= 4 is 27.5 Å². The molecule has 1 atom stereocenters. The molecule has 98 valence electrons. The van der Waals surface area contributed by atoms with Crippen LogP contribution in [-0.2, 0) is 9.53 Å². The number of hydrogen-bond acceptors (Lipinski definition) is 2. The van der Waals surface area contributed by atoms with Crippen LogP contribution in [-0.4, -0.2) is 18.6 Å². The molecule has 1 unspecified atom stereocenters. The van der Waals surface area contributed by atoms with Gasteiger partial charge in [-0.25, -0.2) is 0 Å². The van der Waals surface area contributed by atoms with Crippen LogP contribution >= 0.6 is 15.9 Å². The quantitative estimate of drug-likeness (QED) is 0.921. The van der Waals surface area contributed by atoms with Gasteiger partial charge in [0.15, 0.2) is 0 Å². The summed E-state index contributed by atoms with van der Waals surface area (Å²) in [6, 6.07) is 5.89. The molecule has 1 heterocycles. The maximum absolute atomic E-state index is 11.9. The predicted octanol–water partition coefficient (Wildman–Crippen LogP) is 3.66. The third-order valence-corrected chi connectivity index (χ3v) is 3.68. The Labute approximate surface area is 116 Å². The van der Waals surface area contributed by atoms with Crippen LogP contribution in [0.3, 0.4) is 0 Å². The highest BCUT2D eigenvalue weighted by Gasteiger charge is 2.16. The Morgan fingerprint density at radius 1 is 1.56 bits per heavy atom. The molecule has 0 aromatic heterocycles. The van der Waals surface area contributed by atoms with E-state index >= 15 is 0 Å². The molecule has 1 aliphatic rings. The number of carbonyl (C=O) groups excluding carboxylic acids is 1. The van der Waals surface area contributed by atoms with Crippen molar-refractivity contribution in [3.8, 4) is 0 Å². The molecule has 1 aromatic rings. The molecule has 3 nitrogen and oxygen atoms in total. The zero-order chi connectivity index (χ0) is 13.0. The van der Waals surface area contributed by atoms with E-state index in [4.69, 9.17) is 4.74 Å². The summed E-state index contributed by atoms with van der Waals surface area (Å²) in [5.41, 5.74) is 1.95. The largest absolute Gasteiger partial charge is 0.378 e. The maximum atomic E-state index is 11.9. The lowest BCUT2D eigenvalue weighted by atomic mass is 10.1. The normalized spacial score (nSPS) is 18.9. The second kappa shape index (κ2) is 6.34. The lowest BCUT2D eigenvalue weighted by molar-refractivity contribution is -0.116. The molecule has 1 aliphatic heterocycles. The van der Waals surface area contributed by atoms with E-state index in [0.29, 0.717) is 6.42 Å². The van der Waals surface area contributed by atoms with Gasteiger partial charge in [0.25, 0.3) is 0 Å². The second-order valence-corrected chi connectivity index (χ2v) is 5.60. The third kappa shape index (κ3) is 3.82. The zero-order valence-corrected chi connectivity index (χ0v) is 12.1. The van der Waals surface area contributed by atoms with E-state index in [1.54, 1.807) is 0 Å². The SMILES string of the molecule is Cc1ccc(Br)cc1NC(=O)CCC1CCCO1. The first-order valence-electron chi connectivity index (χ1n) is 6.33. The van der Waals surface area contributed by atoms with Crippen molar-refractivity contribution in [1.29, 1.82) is 0 Å². The van der Waals surface area contributed by atoms with Gasteiger partial charge in [-0.15, -0.1) is 0 Å². The highest BCUT2D eigenvalue weighted by atomic mass is 79.9. The Kier molecular flexibility index (Phi) is 4.78. The van der Waals surface area contributed by atoms with E-state index in [1.807, 2.05) is 25.1 Å². The Bertz CT molecular complexity index is 428. The molecule has 0 saturated carbocycles. The molecule has 1 fully saturated rings. The van der Waals surface area contributed by atoms with E-state index in [2.05, 4.69) is 21.2 Å². The number of carbonyl (C=O) groups is 1. The van der Waals surface area contributed by atoms with Gasteiger partial charge in [0.05, 0.1) is 6.10 Å². The molecule has 0 spiro atoms. The van der Waals surface area contributed by atoms with Gasteiger partial charge in [-0.3, -0.25) is 4.79 Å². The summed E-state index contributed by atoms with van der Waals surface area (Å²) in [5, 5.41) is 2.95. The van der Waals surface area contributed by atoms with Crippen LogP contribution in [0.4, 0.5) is 5.69 Å². The van der Waals surface area contributed by atoms with Crippen LogP contribution in [0.2, 0.25) is 0 Å². The predicted molar refractivity (Wildman–Crippen MR) is 75.7 cm³/mol. The lowest BCUT2D eigenvalue weighted by Crippen LogP contribution is -2.15. The number of amides is 1. The average Bonchev–Trinajstić information content (AvgIpc) is 2.84. The van der Waals surface area contributed by atoms with Crippen LogP contribution in [0.1, 0.15) is 31.2 Å². The maximum Gasteiger partial charge on any atom is 0.224 e.